The highest BCUT2D eigenvalue weighted by Crippen LogP contribution is 2.45. The molecule has 0 saturated carbocycles. The summed E-state index contributed by atoms with van der Waals surface area (Å²) >= 11 is 0. The van der Waals surface area contributed by atoms with Crippen LogP contribution in [0.15, 0.2) is 30.9 Å². The zero-order valence-electron chi connectivity index (χ0n) is 20.5. The van der Waals surface area contributed by atoms with E-state index in [2.05, 4.69) is 20.0 Å². The molecule has 4 rings (SSSR count). The summed E-state index contributed by atoms with van der Waals surface area (Å²) in [5.74, 6) is 0.863. The van der Waals surface area contributed by atoms with Gasteiger partial charge in [-0.05, 0) is 51.3 Å². The summed E-state index contributed by atoms with van der Waals surface area (Å²) in [4.78, 5) is 12.5. The Kier molecular flexibility index (Phi) is 8.03. The lowest BCUT2D eigenvalue weighted by molar-refractivity contribution is -0.188. The van der Waals surface area contributed by atoms with E-state index in [1.54, 1.807) is 12.4 Å². The van der Waals surface area contributed by atoms with E-state index in [1.807, 2.05) is 44.4 Å². The highest BCUT2D eigenvalue weighted by Gasteiger charge is 2.33. The molecule has 3 heterocycles. The molecule has 0 radical (unpaired) electrons. The first-order chi connectivity index (χ1) is 16.8. The second-order valence-electron chi connectivity index (χ2n) is 8.78. The van der Waals surface area contributed by atoms with Crippen molar-refractivity contribution in [3.05, 3.63) is 42.0 Å². The van der Waals surface area contributed by atoms with Crippen LogP contribution in [-0.4, -0.2) is 57.5 Å². The van der Waals surface area contributed by atoms with Gasteiger partial charge in [-0.25, -0.2) is 20.0 Å². The average molecular weight is 505 g/mol. The number of aryl methyl sites for hydroxylation is 1. The molecular weight excluding hydrogens is 471 g/mol. The van der Waals surface area contributed by atoms with Gasteiger partial charge in [0.1, 0.15) is 23.9 Å². The Morgan fingerprint density at radius 2 is 2.00 bits per heavy atom. The molecule has 12 heteroatoms. The number of benzene rings is 1. The quantitative estimate of drug-likeness (QED) is 0.395. The number of nitrogens with one attached hydrogen (secondary N) is 1. The molecule has 1 aliphatic heterocycles. The Labute approximate surface area is 204 Å². The van der Waals surface area contributed by atoms with E-state index >= 15 is 0 Å². The number of hydrogen-bond donors (Lipinski definition) is 2. The first-order valence-corrected chi connectivity index (χ1v) is 13.5. The van der Waals surface area contributed by atoms with Crippen molar-refractivity contribution in [1.82, 2.24) is 24.6 Å². The molecule has 0 amide bonds. The minimum atomic E-state index is -3.51. The number of nitrogens with zero attached hydrogens (tertiary/aromatic N) is 4. The van der Waals surface area contributed by atoms with Crippen molar-refractivity contribution in [1.29, 1.82) is 0 Å². The van der Waals surface area contributed by atoms with E-state index in [0.29, 0.717) is 42.5 Å². The van der Waals surface area contributed by atoms with Crippen LogP contribution in [0.4, 0.5) is 5.82 Å². The molecule has 0 spiro atoms. The van der Waals surface area contributed by atoms with Gasteiger partial charge in [0.25, 0.3) is 0 Å². The number of rotatable bonds is 10. The zero-order valence-corrected chi connectivity index (χ0v) is 21.4. The van der Waals surface area contributed by atoms with Crippen molar-refractivity contribution in [3.63, 3.8) is 0 Å². The first kappa shape index (κ1) is 25.5. The summed E-state index contributed by atoms with van der Waals surface area (Å²) in [6.07, 6.45) is 2.88. The maximum Gasteiger partial charge on any atom is 0.342 e. The van der Waals surface area contributed by atoms with Crippen LogP contribution < -0.4 is 15.3 Å². The van der Waals surface area contributed by atoms with Crippen LogP contribution in [-0.2, 0) is 25.3 Å². The van der Waals surface area contributed by atoms with Crippen LogP contribution >= 0.6 is 7.52 Å². The highest BCUT2D eigenvalue weighted by molar-refractivity contribution is 7.57. The maximum atomic E-state index is 14.0. The molecule has 3 aromatic rings. The number of nitrogen functional groups attached to an aromatic ring is 1. The van der Waals surface area contributed by atoms with E-state index in [-0.39, 0.29) is 18.5 Å². The van der Waals surface area contributed by atoms with Crippen LogP contribution in [0.25, 0.3) is 11.2 Å². The van der Waals surface area contributed by atoms with Gasteiger partial charge < -0.3 is 29.0 Å². The number of ether oxygens (including phenoxy) is 3. The predicted octanol–water partition coefficient (Wildman–Crippen LogP) is 3.40. The third-order valence-corrected chi connectivity index (χ3v) is 7.66. The molecule has 1 aliphatic rings. The topological polar surface area (TPSA) is 136 Å². The van der Waals surface area contributed by atoms with Gasteiger partial charge >= 0.3 is 7.52 Å². The second-order valence-corrected chi connectivity index (χ2v) is 10.8. The smallest absolute Gasteiger partial charge is 0.342 e. The largest absolute Gasteiger partial charge is 0.431 e. The summed E-state index contributed by atoms with van der Waals surface area (Å²) in [5.41, 5.74) is 8.99. The fourth-order valence-corrected chi connectivity index (χ4v) is 5.71. The molecule has 1 unspecified atom stereocenters. The molecule has 1 saturated heterocycles. The summed E-state index contributed by atoms with van der Waals surface area (Å²) in [6, 6.07) is 5.29. The number of fused-ring (bicyclic) bond motifs is 1. The van der Waals surface area contributed by atoms with Crippen LogP contribution in [0.2, 0.25) is 0 Å². The van der Waals surface area contributed by atoms with Crippen molar-refractivity contribution in [2.45, 2.75) is 59.1 Å². The van der Waals surface area contributed by atoms with Crippen molar-refractivity contribution < 1.29 is 23.3 Å². The Hall–Kier alpha value is -2.56. The van der Waals surface area contributed by atoms with Gasteiger partial charge in [0.05, 0.1) is 38.2 Å². The monoisotopic (exact) mass is 504 g/mol. The van der Waals surface area contributed by atoms with Crippen molar-refractivity contribution >= 4 is 24.5 Å². The maximum absolute atomic E-state index is 14.0. The van der Waals surface area contributed by atoms with Gasteiger partial charge in [-0.2, -0.15) is 0 Å². The minimum Gasteiger partial charge on any atom is -0.431 e. The summed E-state index contributed by atoms with van der Waals surface area (Å²) < 4.78 is 39.4. The fraction of sp³-hybridized carbons (Fsp3) is 0.522. The number of aromatic nitrogens is 4. The minimum absolute atomic E-state index is 0.150. The van der Waals surface area contributed by atoms with Crippen molar-refractivity contribution in [3.8, 4) is 5.75 Å². The molecule has 3 N–H and O–H groups in total. The second kappa shape index (κ2) is 11.0. The van der Waals surface area contributed by atoms with Gasteiger partial charge in [0.2, 0.25) is 0 Å². The van der Waals surface area contributed by atoms with Crippen molar-refractivity contribution in [2.75, 3.05) is 25.3 Å². The molecule has 0 aliphatic carbocycles. The lowest BCUT2D eigenvalue weighted by Gasteiger charge is -2.32. The standard InChI is InChI=1S/C23H33N6O5P/c1-15-7-5-8-19(17(15)3)34-35(30,28-18(4)23-31-9-6-10-32-23)14-33-16(2)11-29-13-27-20-21(24)25-12-26-22(20)29/h5,7-8,12-13,16,18,23H,6,9-11,14H2,1-4H3,(H,28,30)(H2,24,25,26)/t16-,18+,35?/m1/s1. The summed E-state index contributed by atoms with van der Waals surface area (Å²) in [5, 5.41) is 3.11. The lowest BCUT2D eigenvalue weighted by Crippen LogP contribution is -2.43. The van der Waals surface area contributed by atoms with Crippen LogP contribution in [0.1, 0.15) is 31.4 Å². The molecule has 3 atom stereocenters. The number of imidazole rings is 1. The summed E-state index contributed by atoms with van der Waals surface area (Å²) in [7, 11) is -3.51. The van der Waals surface area contributed by atoms with E-state index < -0.39 is 13.8 Å². The zero-order chi connectivity index (χ0) is 25.0. The normalized spacial score (nSPS) is 18.3. The van der Waals surface area contributed by atoms with Crippen molar-refractivity contribution in [2.24, 2.45) is 0 Å². The van der Waals surface area contributed by atoms with Gasteiger partial charge in [0, 0.05) is 0 Å². The van der Waals surface area contributed by atoms with Crippen LogP contribution in [0.3, 0.4) is 0 Å². The van der Waals surface area contributed by atoms with E-state index in [0.717, 1.165) is 17.5 Å². The molecule has 1 aromatic carbocycles. The third-order valence-electron chi connectivity index (χ3n) is 5.87. The SMILES string of the molecule is Cc1cccc(OP(=O)(CO[C@H](C)Cn2cnc3c(N)ncnc32)N[C@@H](C)C2OCCCO2)c1C. The Morgan fingerprint density at radius 3 is 2.77 bits per heavy atom. The molecular formula is C23H33N6O5P. The van der Waals surface area contributed by atoms with E-state index in [1.165, 1.54) is 6.33 Å². The average Bonchev–Trinajstić information content (AvgIpc) is 3.25. The molecule has 190 valence electrons. The molecule has 1 fully saturated rings. The summed E-state index contributed by atoms with van der Waals surface area (Å²) in [6.45, 7) is 9.29. The van der Waals surface area contributed by atoms with Gasteiger partial charge in [-0.15, -0.1) is 0 Å². The molecule has 11 nitrogen and oxygen atoms in total. The lowest BCUT2D eigenvalue weighted by atomic mass is 10.1. The highest BCUT2D eigenvalue weighted by atomic mass is 31.2. The Balaban J connectivity index is 1.48. The third kappa shape index (κ3) is 6.17. The fourth-order valence-electron chi connectivity index (χ4n) is 3.83. The first-order valence-electron chi connectivity index (χ1n) is 11.6. The van der Waals surface area contributed by atoms with Crippen LogP contribution in [0.5, 0.6) is 5.75 Å². The van der Waals surface area contributed by atoms with E-state index in [4.69, 9.17) is 24.5 Å². The van der Waals surface area contributed by atoms with Gasteiger partial charge in [-0.1, -0.05) is 12.1 Å². The number of nitrogens with two attached hydrogens (primary N) is 1. The van der Waals surface area contributed by atoms with Crippen LogP contribution in [0, 0.1) is 13.8 Å². The van der Waals surface area contributed by atoms with Gasteiger partial charge in [-0.3, -0.25) is 4.57 Å². The number of anilines is 1. The molecule has 2 aromatic heterocycles. The Morgan fingerprint density at radius 1 is 1.23 bits per heavy atom. The Bertz CT molecular complexity index is 1200. The van der Waals surface area contributed by atoms with E-state index in [9.17, 15) is 4.57 Å². The predicted molar refractivity (Wildman–Crippen MR) is 132 cm³/mol. The molecule has 35 heavy (non-hydrogen) atoms. The van der Waals surface area contributed by atoms with Gasteiger partial charge in [0.15, 0.2) is 17.8 Å². The molecule has 0 bridgehead atoms. The number of hydrogen-bond acceptors (Lipinski definition) is 9.